The van der Waals surface area contributed by atoms with Crippen molar-refractivity contribution in [1.29, 1.82) is 0 Å². The van der Waals surface area contributed by atoms with Gasteiger partial charge in [-0.2, -0.15) is 0 Å². The largest absolute Gasteiger partial charge is 0.508 e. The Hall–Kier alpha value is -3.37. The predicted octanol–water partition coefficient (Wildman–Crippen LogP) is 6.01. The van der Waals surface area contributed by atoms with E-state index in [2.05, 4.69) is 76.6 Å². The van der Waals surface area contributed by atoms with Gasteiger partial charge in [0.25, 0.3) is 0 Å². The van der Waals surface area contributed by atoms with Crippen molar-refractivity contribution in [3.05, 3.63) is 102 Å². The van der Waals surface area contributed by atoms with E-state index in [9.17, 15) is 5.11 Å². The summed E-state index contributed by atoms with van der Waals surface area (Å²) in [6.07, 6.45) is 13.9. The van der Waals surface area contributed by atoms with Gasteiger partial charge in [-0.1, -0.05) is 66.8 Å². The Labute approximate surface area is 197 Å². The summed E-state index contributed by atoms with van der Waals surface area (Å²) in [5, 5.41) is 9.32. The highest BCUT2D eigenvalue weighted by atomic mass is 16.3. The molecule has 2 heterocycles. The number of aromatic hydroxyl groups is 1. The molecule has 4 nitrogen and oxygen atoms in total. The van der Waals surface area contributed by atoms with Crippen LogP contribution >= 0.6 is 0 Å². The minimum absolute atomic E-state index is 0.307. The molecule has 1 aliphatic heterocycles. The molecule has 0 amide bonds. The number of phenols is 1. The molecule has 0 spiro atoms. The second-order valence-electron chi connectivity index (χ2n) is 8.53. The Kier molecular flexibility index (Phi) is 8.31. The maximum atomic E-state index is 9.32. The molecule has 1 aromatic heterocycles. The molecule has 170 valence electrons. The summed E-state index contributed by atoms with van der Waals surface area (Å²) in [7, 11) is 0. The fraction of sp³-hybridized carbons (Fsp3) is 0.276. The molecule has 4 rings (SSSR count). The van der Waals surface area contributed by atoms with Crippen LogP contribution in [0.15, 0.2) is 85.1 Å². The lowest BCUT2D eigenvalue weighted by molar-refractivity contribution is 0.249. The second kappa shape index (κ2) is 12.0. The van der Waals surface area contributed by atoms with Crippen LogP contribution in [0.3, 0.4) is 0 Å². The number of pyridine rings is 1. The van der Waals surface area contributed by atoms with Crippen molar-refractivity contribution in [3.63, 3.8) is 0 Å². The summed E-state index contributed by atoms with van der Waals surface area (Å²) in [5.74, 6) is 1.38. The van der Waals surface area contributed by atoms with Gasteiger partial charge in [0.15, 0.2) is 0 Å². The van der Waals surface area contributed by atoms with Crippen LogP contribution in [0.4, 0.5) is 5.82 Å². The van der Waals surface area contributed by atoms with Crippen LogP contribution < -0.4 is 4.90 Å². The van der Waals surface area contributed by atoms with E-state index in [1.165, 1.54) is 5.56 Å². The average molecular weight is 440 g/mol. The van der Waals surface area contributed by atoms with E-state index in [0.29, 0.717) is 5.75 Å². The maximum Gasteiger partial charge on any atom is 0.128 e. The minimum Gasteiger partial charge on any atom is -0.508 e. The third-order valence-corrected chi connectivity index (χ3v) is 5.97. The van der Waals surface area contributed by atoms with E-state index in [1.807, 2.05) is 18.3 Å². The molecule has 4 heteroatoms. The molecule has 33 heavy (non-hydrogen) atoms. The van der Waals surface area contributed by atoms with Crippen LogP contribution in [0.2, 0.25) is 0 Å². The monoisotopic (exact) mass is 439 g/mol. The molecule has 0 aliphatic carbocycles. The fourth-order valence-corrected chi connectivity index (χ4v) is 4.04. The summed E-state index contributed by atoms with van der Waals surface area (Å²) < 4.78 is 0. The Morgan fingerprint density at radius 2 is 1.42 bits per heavy atom. The highest BCUT2D eigenvalue weighted by Gasteiger charge is 2.17. The van der Waals surface area contributed by atoms with Gasteiger partial charge >= 0.3 is 0 Å². The van der Waals surface area contributed by atoms with Gasteiger partial charge in [0, 0.05) is 38.9 Å². The molecule has 1 saturated heterocycles. The highest BCUT2D eigenvalue weighted by Crippen LogP contribution is 2.17. The van der Waals surface area contributed by atoms with Crippen LogP contribution in [0, 0.1) is 0 Å². The van der Waals surface area contributed by atoms with Crippen molar-refractivity contribution in [2.45, 2.75) is 25.8 Å². The SMILES string of the molecule is Oc1ccc(/C=C/CCC/C=C/c2ccc(N3CCN(Cc4ccccc4)CC3)nc2)cc1. The topological polar surface area (TPSA) is 39.6 Å². The summed E-state index contributed by atoms with van der Waals surface area (Å²) in [5.41, 5.74) is 3.65. The number of hydrogen-bond acceptors (Lipinski definition) is 4. The molecular weight excluding hydrogens is 406 g/mol. The second-order valence-corrected chi connectivity index (χ2v) is 8.53. The van der Waals surface area contributed by atoms with Gasteiger partial charge in [-0.15, -0.1) is 0 Å². The number of phenolic OH excluding ortho intramolecular Hbond substituents is 1. The van der Waals surface area contributed by atoms with Crippen molar-refractivity contribution in [2.24, 2.45) is 0 Å². The smallest absolute Gasteiger partial charge is 0.128 e. The van der Waals surface area contributed by atoms with Gasteiger partial charge < -0.3 is 10.0 Å². The first kappa shape index (κ1) is 22.8. The van der Waals surface area contributed by atoms with Crippen LogP contribution in [-0.2, 0) is 6.54 Å². The molecule has 0 bridgehead atoms. The third kappa shape index (κ3) is 7.33. The predicted molar refractivity (Wildman–Crippen MR) is 138 cm³/mol. The first-order valence-electron chi connectivity index (χ1n) is 11.9. The number of piperazine rings is 1. The number of unbranched alkanes of at least 4 members (excludes halogenated alkanes) is 2. The molecular formula is C29H33N3O. The Morgan fingerprint density at radius 1 is 0.758 bits per heavy atom. The first-order chi connectivity index (χ1) is 16.3. The van der Waals surface area contributed by atoms with E-state index < -0.39 is 0 Å². The lowest BCUT2D eigenvalue weighted by Gasteiger charge is -2.35. The van der Waals surface area contributed by atoms with Crippen molar-refractivity contribution in [3.8, 4) is 5.75 Å². The van der Waals surface area contributed by atoms with Crippen molar-refractivity contribution in [1.82, 2.24) is 9.88 Å². The number of hydrogen-bond donors (Lipinski definition) is 1. The highest BCUT2D eigenvalue weighted by molar-refractivity contribution is 5.52. The molecule has 0 unspecified atom stereocenters. The van der Waals surface area contributed by atoms with Gasteiger partial charge in [0.05, 0.1) is 0 Å². The van der Waals surface area contributed by atoms with Gasteiger partial charge in [0.2, 0.25) is 0 Å². The quantitative estimate of drug-likeness (QED) is 0.415. The zero-order chi connectivity index (χ0) is 22.7. The maximum absolute atomic E-state index is 9.32. The number of anilines is 1. The van der Waals surface area contributed by atoms with Crippen molar-refractivity contribution >= 4 is 18.0 Å². The number of rotatable bonds is 9. The Balaban J connectivity index is 1.15. The lowest BCUT2D eigenvalue weighted by Crippen LogP contribution is -2.46. The molecule has 1 aliphatic rings. The van der Waals surface area contributed by atoms with E-state index in [1.54, 1.807) is 12.1 Å². The molecule has 2 aromatic carbocycles. The lowest BCUT2D eigenvalue weighted by atomic mass is 10.1. The number of benzene rings is 2. The summed E-state index contributed by atoms with van der Waals surface area (Å²) in [6, 6.07) is 22.3. The van der Waals surface area contributed by atoms with Crippen LogP contribution in [-0.4, -0.2) is 41.2 Å². The Bertz CT molecular complexity index is 1020. The number of allylic oxidation sites excluding steroid dienone is 2. The molecule has 0 saturated carbocycles. The van der Waals surface area contributed by atoms with Gasteiger partial charge in [-0.3, -0.25) is 4.90 Å². The van der Waals surface area contributed by atoms with E-state index >= 15 is 0 Å². The summed E-state index contributed by atoms with van der Waals surface area (Å²) in [4.78, 5) is 9.61. The van der Waals surface area contributed by atoms with Crippen molar-refractivity contribution in [2.75, 3.05) is 31.1 Å². The van der Waals surface area contributed by atoms with Gasteiger partial charge in [-0.25, -0.2) is 4.98 Å². The van der Waals surface area contributed by atoms with Crippen molar-refractivity contribution < 1.29 is 5.11 Å². The fourth-order valence-electron chi connectivity index (χ4n) is 4.04. The molecule has 0 atom stereocenters. The molecule has 1 N–H and O–H groups in total. The van der Waals surface area contributed by atoms with E-state index in [0.717, 1.165) is 68.9 Å². The van der Waals surface area contributed by atoms with Crippen LogP contribution in [0.5, 0.6) is 5.75 Å². The van der Waals surface area contributed by atoms with Crippen LogP contribution in [0.1, 0.15) is 36.0 Å². The average Bonchev–Trinajstić information content (AvgIpc) is 2.86. The third-order valence-electron chi connectivity index (χ3n) is 5.97. The van der Waals surface area contributed by atoms with E-state index in [-0.39, 0.29) is 0 Å². The van der Waals surface area contributed by atoms with Crippen LogP contribution in [0.25, 0.3) is 12.2 Å². The molecule has 1 fully saturated rings. The summed E-state index contributed by atoms with van der Waals surface area (Å²) >= 11 is 0. The zero-order valence-electron chi connectivity index (χ0n) is 19.2. The van der Waals surface area contributed by atoms with Gasteiger partial charge in [-0.05, 0) is 60.2 Å². The number of nitrogens with zero attached hydrogens (tertiary/aromatic N) is 3. The van der Waals surface area contributed by atoms with E-state index in [4.69, 9.17) is 4.98 Å². The molecule has 3 aromatic rings. The van der Waals surface area contributed by atoms with Gasteiger partial charge in [0.1, 0.15) is 11.6 Å². The normalized spacial score (nSPS) is 15.0. The standard InChI is InChI=1S/C29H33N3O/c33-28-16-13-25(14-17-28)9-5-2-1-3-6-10-26-15-18-29(30-23-26)32-21-19-31(20-22-32)24-27-11-7-4-8-12-27/h4-18,23,33H,1-3,19-22,24H2/b9-5+,10-6+. The Morgan fingerprint density at radius 3 is 2.09 bits per heavy atom. The number of aromatic nitrogens is 1. The summed E-state index contributed by atoms with van der Waals surface area (Å²) in [6.45, 7) is 5.21. The first-order valence-corrected chi connectivity index (χ1v) is 11.9. The minimum atomic E-state index is 0.307. The zero-order valence-corrected chi connectivity index (χ0v) is 19.2. The molecule has 0 radical (unpaired) electrons.